The Bertz CT molecular complexity index is 1520. The summed E-state index contributed by atoms with van der Waals surface area (Å²) in [6.07, 6.45) is 9.36. The van der Waals surface area contributed by atoms with Crippen molar-refractivity contribution in [3.05, 3.63) is 77.5 Å². The molecule has 0 N–H and O–H groups in total. The van der Waals surface area contributed by atoms with Gasteiger partial charge in [-0.3, -0.25) is 0 Å². The van der Waals surface area contributed by atoms with Gasteiger partial charge in [-0.05, 0) is 114 Å². The van der Waals surface area contributed by atoms with Crippen molar-refractivity contribution in [2.45, 2.75) is 90.8 Å². The number of likely N-dealkylation sites (tertiary alicyclic amines) is 2. The van der Waals surface area contributed by atoms with Crippen LogP contribution in [0, 0.1) is 5.92 Å². The summed E-state index contributed by atoms with van der Waals surface area (Å²) < 4.78 is 13.1. The van der Waals surface area contributed by atoms with Crippen LogP contribution in [0.5, 0.6) is 0 Å². The molecule has 7 nitrogen and oxygen atoms in total. The zero-order valence-electron chi connectivity index (χ0n) is 28.3. The van der Waals surface area contributed by atoms with E-state index >= 15 is 0 Å². The molecule has 3 aromatic rings. The third-order valence-corrected chi connectivity index (χ3v) is 8.97. The van der Waals surface area contributed by atoms with Crippen LogP contribution in [-0.4, -0.2) is 63.9 Å². The summed E-state index contributed by atoms with van der Waals surface area (Å²) >= 11 is 0. The van der Waals surface area contributed by atoms with Gasteiger partial charge in [0.2, 0.25) is 0 Å². The molecule has 2 saturated heterocycles. The first-order valence-corrected chi connectivity index (χ1v) is 16.6. The molecule has 0 saturated carbocycles. The second kappa shape index (κ2) is 13.3. The summed E-state index contributed by atoms with van der Waals surface area (Å²) in [6, 6.07) is 17.2. The van der Waals surface area contributed by atoms with Crippen LogP contribution in [0.25, 0.3) is 16.5 Å². The van der Waals surface area contributed by atoms with Gasteiger partial charge in [0.1, 0.15) is 11.2 Å². The summed E-state index contributed by atoms with van der Waals surface area (Å²) in [5.41, 5.74) is 6.18. The number of fused-ring (bicyclic) bond motifs is 2. The predicted molar refractivity (Wildman–Crippen MR) is 181 cm³/mol. The van der Waals surface area contributed by atoms with E-state index in [0.29, 0.717) is 11.8 Å². The highest BCUT2D eigenvalue weighted by atomic mass is 16.6. The van der Waals surface area contributed by atoms with Crippen molar-refractivity contribution in [1.29, 1.82) is 0 Å². The molecule has 3 aliphatic rings. The van der Waals surface area contributed by atoms with Gasteiger partial charge >= 0.3 is 12.2 Å². The number of aryl methyl sites for hydroxylation is 1. The quantitative estimate of drug-likeness (QED) is 0.291. The number of carbonyl (C=O) groups is 2. The standard InChI is InChI=1S/C19H26N2O2.C19H25NO2/c1-19(2,3)23-18(22)21-11-9-14(10-12-21)16-13-20(4)17-8-6-5-7-15(16)17;1-19(2,3)22-18(21)20-12-10-15(11-13-20)17-9-8-14-6-4-5-7-16(14)17/h5-8,13-14H,9-12H2,1-4H3;4-7,9,15H,8,10-13H2,1-3H3. The number of carbonyl (C=O) groups excluding carboxylic acids is 2. The smallest absolute Gasteiger partial charge is 0.410 e. The molecular weight excluding hydrogens is 562 g/mol. The number of rotatable bonds is 2. The molecule has 0 atom stereocenters. The fourth-order valence-corrected chi connectivity index (χ4v) is 6.79. The Morgan fingerprint density at radius 2 is 1.22 bits per heavy atom. The van der Waals surface area contributed by atoms with Crippen LogP contribution < -0.4 is 0 Å². The molecule has 3 heterocycles. The lowest BCUT2D eigenvalue weighted by Crippen LogP contribution is -2.41. The molecule has 2 fully saturated rings. The van der Waals surface area contributed by atoms with E-state index in [-0.39, 0.29) is 12.2 Å². The van der Waals surface area contributed by atoms with E-state index < -0.39 is 11.2 Å². The Morgan fingerprint density at radius 3 is 1.80 bits per heavy atom. The molecule has 1 aromatic heterocycles. The molecule has 0 spiro atoms. The topological polar surface area (TPSA) is 64.0 Å². The lowest BCUT2D eigenvalue weighted by Gasteiger charge is -2.34. The number of benzene rings is 2. The number of aromatic nitrogens is 1. The first kappa shape index (κ1) is 32.6. The molecular formula is C38H51N3O4. The van der Waals surface area contributed by atoms with Crippen LogP contribution in [0.3, 0.4) is 0 Å². The highest BCUT2D eigenvalue weighted by Gasteiger charge is 2.31. The van der Waals surface area contributed by atoms with E-state index in [4.69, 9.17) is 9.47 Å². The third kappa shape index (κ3) is 8.11. The number of piperidine rings is 2. The van der Waals surface area contributed by atoms with Crippen molar-refractivity contribution >= 4 is 28.7 Å². The Balaban J connectivity index is 0.000000178. The van der Waals surface area contributed by atoms with E-state index in [1.807, 2.05) is 51.3 Å². The third-order valence-electron chi connectivity index (χ3n) is 8.97. The van der Waals surface area contributed by atoms with E-state index in [1.54, 1.807) is 0 Å². The summed E-state index contributed by atoms with van der Waals surface area (Å²) in [6.45, 7) is 14.6. The van der Waals surface area contributed by atoms with Crippen molar-refractivity contribution in [1.82, 2.24) is 14.4 Å². The zero-order valence-corrected chi connectivity index (χ0v) is 28.3. The molecule has 2 amide bonds. The van der Waals surface area contributed by atoms with Gasteiger partial charge in [-0.15, -0.1) is 0 Å². The Kier molecular flexibility index (Phi) is 9.66. The largest absolute Gasteiger partial charge is 0.444 e. The molecule has 2 aromatic carbocycles. The number of allylic oxidation sites excluding steroid dienone is 2. The zero-order chi connectivity index (χ0) is 32.4. The lowest BCUT2D eigenvalue weighted by atomic mass is 9.86. The predicted octanol–water partition coefficient (Wildman–Crippen LogP) is 8.57. The van der Waals surface area contributed by atoms with Crippen LogP contribution >= 0.6 is 0 Å². The molecule has 45 heavy (non-hydrogen) atoms. The maximum Gasteiger partial charge on any atom is 0.410 e. The van der Waals surface area contributed by atoms with Gasteiger partial charge in [0.15, 0.2) is 0 Å². The maximum atomic E-state index is 12.2. The minimum Gasteiger partial charge on any atom is -0.444 e. The highest BCUT2D eigenvalue weighted by Crippen LogP contribution is 2.38. The molecule has 0 unspecified atom stereocenters. The number of hydrogen-bond acceptors (Lipinski definition) is 4. The average Bonchev–Trinajstić information content (AvgIpc) is 3.57. The lowest BCUT2D eigenvalue weighted by molar-refractivity contribution is 0.0191. The van der Waals surface area contributed by atoms with Gasteiger partial charge in [0, 0.05) is 50.3 Å². The van der Waals surface area contributed by atoms with Crippen LogP contribution in [0.2, 0.25) is 0 Å². The maximum absolute atomic E-state index is 12.2. The van der Waals surface area contributed by atoms with Crippen molar-refractivity contribution in [3.63, 3.8) is 0 Å². The number of ether oxygens (including phenoxy) is 2. The molecule has 0 bridgehead atoms. The van der Waals surface area contributed by atoms with Gasteiger partial charge in [-0.1, -0.05) is 48.5 Å². The average molecular weight is 614 g/mol. The SMILES string of the molecule is CC(C)(C)OC(=O)N1CCC(C2=CCc3ccccc32)CC1.Cn1cc(C2CCN(C(=O)OC(C)(C)C)CC2)c2ccccc21. The molecule has 242 valence electrons. The van der Waals surface area contributed by atoms with E-state index in [0.717, 1.165) is 58.3 Å². The van der Waals surface area contributed by atoms with E-state index in [9.17, 15) is 9.59 Å². The Labute approximate surface area is 269 Å². The number of amides is 2. The number of hydrogen-bond donors (Lipinski definition) is 0. The molecule has 7 heteroatoms. The minimum absolute atomic E-state index is 0.174. The molecule has 6 rings (SSSR count). The molecule has 0 radical (unpaired) electrons. The van der Waals surface area contributed by atoms with Gasteiger partial charge in [-0.25, -0.2) is 9.59 Å². The van der Waals surface area contributed by atoms with Crippen LogP contribution in [0.1, 0.15) is 89.8 Å². The number of para-hydroxylation sites is 1. The first-order valence-electron chi connectivity index (χ1n) is 16.6. The summed E-state index contributed by atoms with van der Waals surface area (Å²) in [7, 11) is 2.10. The van der Waals surface area contributed by atoms with Crippen molar-refractivity contribution in [3.8, 4) is 0 Å². The van der Waals surface area contributed by atoms with Gasteiger partial charge in [-0.2, -0.15) is 0 Å². The van der Waals surface area contributed by atoms with Crippen LogP contribution in [0.15, 0.2) is 60.8 Å². The second-order valence-corrected chi connectivity index (χ2v) is 14.7. The van der Waals surface area contributed by atoms with Crippen LogP contribution in [-0.2, 0) is 22.9 Å². The van der Waals surface area contributed by atoms with Crippen LogP contribution in [0.4, 0.5) is 9.59 Å². The van der Waals surface area contributed by atoms with E-state index in [1.165, 1.54) is 33.2 Å². The fourth-order valence-electron chi connectivity index (χ4n) is 6.79. The van der Waals surface area contributed by atoms with E-state index in [2.05, 4.69) is 72.4 Å². The summed E-state index contributed by atoms with van der Waals surface area (Å²) in [5.74, 6) is 1.09. The monoisotopic (exact) mass is 613 g/mol. The molecule has 2 aliphatic heterocycles. The van der Waals surface area contributed by atoms with Crippen molar-refractivity contribution in [2.75, 3.05) is 26.2 Å². The highest BCUT2D eigenvalue weighted by molar-refractivity contribution is 5.84. The fraction of sp³-hybridized carbons (Fsp3) is 0.526. The summed E-state index contributed by atoms with van der Waals surface area (Å²) in [5, 5.41) is 1.34. The Hall–Kier alpha value is -3.74. The first-order chi connectivity index (χ1) is 21.3. The van der Waals surface area contributed by atoms with Gasteiger partial charge in [0.25, 0.3) is 0 Å². The van der Waals surface area contributed by atoms with Crippen molar-refractivity contribution in [2.24, 2.45) is 13.0 Å². The Morgan fingerprint density at radius 1 is 0.711 bits per heavy atom. The summed E-state index contributed by atoms with van der Waals surface area (Å²) in [4.78, 5) is 28.0. The minimum atomic E-state index is -0.427. The second-order valence-electron chi connectivity index (χ2n) is 14.7. The van der Waals surface area contributed by atoms with Gasteiger partial charge < -0.3 is 23.8 Å². The molecule has 1 aliphatic carbocycles. The van der Waals surface area contributed by atoms with Crippen molar-refractivity contribution < 1.29 is 19.1 Å². The number of nitrogens with zero attached hydrogens (tertiary/aromatic N) is 3. The van der Waals surface area contributed by atoms with Gasteiger partial charge in [0.05, 0.1) is 0 Å². The normalized spacial score (nSPS) is 17.8.